The van der Waals surface area contributed by atoms with Crippen molar-refractivity contribution in [3.63, 3.8) is 0 Å². The molecule has 2 N–H and O–H groups in total. The van der Waals surface area contributed by atoms with Crippen LogP contribution in [-0.2, 0) is 11.8 Å². The normalized spacial score (nSPS) is 11.7. The average Bonchev–Trinajstić information content (AvgIpc) is 2.98. The van der Waals surface area contributed by atoms with Crippen LogP contribution in [0.5, 0.6) is 5.75 Å². The molecule has 0 atom stereocenters. The van der Waals surface area contributed by atoms with Crippen LogP contribution in [0.15, 0.2) is 58.8 Å². The van der Waals surface area contributed by atoms with Crippen molar-refractivity contribution in [1.82, 2.24) is 15.0 Å². The summed E-state index contributed by atoms with van der Waals surface area (Å²) in [5.74, 6) is 0.242. The minimum Gasteiger partial charge on any atom is -0.508 e. The molecule has 7 heteroatoms. The summed E-state index contributed by atoms with van der Waals surface area (Å²) in [7, 11) is 1.94. The molecule has 2 aromatic carbocycles. The summed E-state index contributed by atoms with van der Waals surface area (Å²) >= 11 is 1.38. The van der Waals surface area contributed by atoms with Crippen molar-refractivity contribution in [1.29, 1.82) is 0 Å². The van der Waals surface area contributed by atoms with Gasteiger partial charge < -0.3 is 9.67 Å². The molecule has 0 saturated carbocycles. The summed E-state index contributed by atoms with van der Waals surface area (Å²) in [5.41, 5.74) is 6.17. The molecule has 1 amide bonds. The second-order valence-electron chi connectivity index (χ2n) is 5.72. The fourth-order valence-corrected chi connectivity index (χ4v) is 3.33. The second-order valence-corrected chi connectivity index (χ2v) is 6.67. The van der Waals surface area contributed by atoms with E-state index < -0.39 is 0 Å². The molecule has 0 aliphatic rings. The van der Waals surface area contributed by atoms with Crippen molar-refractivity contribution in [2.24, 2.45) is 12.1 Å². The number of carbonyl (C=O) groups excluding carboxylic acids is 1. The fraction of sp³-hybridized carbons (Fsp3) is 0.211. The Bertz CT molecular complexity index is 948. The van der Waals surface area contributed by atoms with E-state index in [-0.39, 0.29) is 17.4 Å². The minimum atomic E-state index is -0.188. The zero-order chi connectivity index (χ0) is 18.5. The second kappa shape index (κ2) is 8.05. The van der Waals surface area contributed by atoms with Crippen LogP contribution in [0.1, 0.15) is 18.9 Å². The topological polar surface area (TPSA) is 79.5 Å². The van der Waals surface area contributed by atoms with Gasteiger partial charge in [0.15, 0.2) is 5.16 Å². The van der Waals surface area contributed by atoms with E-state index in [1.54, 1.807) is 24.3 Å². The maximum Gasteiger partial charge on any atom is 0.250 e. The van der Waals surface area contributed by atoms with Gasteiger partial charge in [0.05, 0.1) is 22.5 Å². The number of aryl methyl sites for hydroxylation is 1. The molecule has 0 unspecified atom stereocenters. The number of nitrogens with zero attached hydrogens (tertiary/aromatic N) is 3. The number of phenols is 1. The van der Waals surface area contributed by atoms with Crippen LogP contribution in [0.4, 0.5) is 0 Å². The number of benzene rings is 2. The number of phenolic OH excluding ortho intramolecular Hbond substituents is 1. The van der Waals surface area contributed by atoms with Gasteiger partial charge in [0.25, 0.3) is 5.91 Å². The number of aromatic hydroxyl groups is 1. The molecule has 3 aromatic rings. The third kappa shape index (κ3) is 4.05. The molecule has 134 valence electrons. The van der Waals surface area contributed by atoms with Crippen molar-refractivity contribution in [2.75, 3.05) is 5.75 Å². The highest BCUT2D eigenvalue weighted by Gasteiger charge is 2.10. The quantitative estimate of drug-likeness (QED) is 0.397. The smallest absolute Gasteiger partial charge is 0.250 e. The third-order valence-electron chi connectivity index (χ3n) is 3.93. The number of nitrogens with one attached hydrogen (secondary N) is 1. The molecule has 26 heavy (non-hydrogen) atoms. The fourth-order valence-electron chi connectivity index (χ4n) is 2.55. The van der Waals surface area contributed by atoms with Crippen LogP contribution in [0.2, 0.25) is 0 Å². The van der Waals surface area contributed by atoms with Crippen molar-refractivity contribution in [2.45, 2.75) is 18.5 Å². The van der Waals surface area contributed by atoms with Crippen molar-refractivity contribution >= 4 is 34.4 Å². The van der Waals surface area contributed by atoms with Crippen molar-refractivity contribution in [3.05, 3.63) is 54.1 Å². The van der Waals surface area contributed by atoms with E-state index >= 15 is 0 Å². The average molecular weight is 368 g/mol. The Hall–Kier alpha value is -2.80. The van der Waals surface area contributed by atoms with E-state index in [9.17, 15) is 9.90 Å². The van der Waals surface area contributed by atoms with E-state index in [4.69, 9.17) is 0 Å². The molecular weight excluding hydrogens is 348 g/mol. The molecule has 3 rings (SSSR count). The molecule has 0 bridgehead atoms. The number of aromatic nitrogens is 2. The minimum absolute atomic E-state index is 0.188. The van der Waals surface area contributed by atoms with Crippen LogP contribution in [-0.4, -0.2) is 32.0 Å². The highest BCUT2D eigenvalue weighted by Crippen LogP contribution is 2.22. The molecule has 0 fully saturated rings. The van der Waals surface area contributed by atoms with Crippen LogP contribution in [0.25, 0.3) is 11.0 Å². The van der Waals surface area contributed by atoms with Crippen molar-refractivity contribution in [3.8, 4) is 5.75 Å². The SMILES string of the molecule is CC/C(=N\NC(=O)CSc1nc2ccccc2n1C)c1ccc(O)cc1. The Balaban J connectivity index is 1.62. The van der Waals surface area contributed by atoms with Gasteiger partial charge in [-0.15, -0.1) is 0 Å². The van der Waals surface area contributed by atoms with Gasteiger partial charge in [0, 0.05) is 7.05 Å². The maximum atomic E-state index is 12.1. The summed E-state index contributed by atoms with van der Waals surface area (Å²) in [5, 5.41) is 14.4. The number of hydrogen-bond acceptors (Lipinski definition) is 5. The summed E-state index contributed by atoms with van der Waals surface area (Å²) in [4.78, 5) is 16.7. The Morgan fingerprint density at radius 1 is 1.23 bits per heavy atom. The summed E-state index contributed by atoms with van der Waals surface area (Å²) < 4.78 is 1.98. The Kier molecular flexibility index (Phi) is 5.58. The maximum absolute atomic E-state index is 12.1. The van der Waals surface area contributed by atoms with Gasteiger partial charge in [-0.1, -0.05) is 30.8 Å². The highest BCUT2D eigenvalue weighted by atomic mass is 32.2. The Morgan fingerprint density at radius 2 is 1.96 bits per heavy atom. The predicted molar refractivity (Wildman–Crippen MR) is 105 cm³/mol. The Morgan fingerprint density at radius 3 is 2.65 bits per heavy atom. The van der Waals surface area contributed by atoms with E-state index in [0.29, 0.717) is 6.42 Å². The molecule has 0 spiro atoms. The first-order chi connectivity index (χ1) is 12.6. The number of amides is 1. The van der Waals surface area contributed by atoms with Crippen LogP contribution in [0, 0.1) is 0 Å². The molecule has 0 aliphatic heterocycles. The number of hydrogen-bond donors (Lipinski definition) is 2. The first kappa shape index (κ1) is 18.0. The van der Waals surface area contributed by atoms with Gasteiger partial charge in [-0.25, -0.2) is 10.4 Å². The lowest BCUT2D eigenvalue weighted by atomic mass is 10.1. The molecular formula is C19H20N4O2S. The summed E-state index contributed by atoms with van der Waals surface area (Å²) in [6, 6.07) is 14.6. The third-order valence-corrected chi connectivity index (χ3v) is 4.96. The van der Waals surface area contributed by atoms with Gasteiger partial charge in [-0.3, -0.25) is 4.79 Å². The number of rotatable bonds is 6. The van der Waals surface area contributed by atoms with Gasteiger partial charge in [0.1, 0.15) is 5.75 Å². The largest absolute Gasteiger partial charge is 0.508 e. The molecule has 0 radical (unpaired) electrons. The highest BCUT2D eigenvalue weighted by molar-refractivity contribution is 7.99. The molecule has 1 heterocycles. The standard InChI is InChI=1S/C19H20N4O2S/c1-3-15(13-8-10-14(24)11-9-13)21-22-18(25)12-26-19-20-16-6-4-5-7-17(16)23(19)2/h4-11,24H,3,12H2,1-2H3,(H,22,25)/b21-15+. The first-order valence-electron chi connectivity index (χ1n) is 8.27. The van der Waals surface area contributed by atoms with Crippen LogP contribution in [0.3, 0.4) is 0 Å². The zero-order valence-electron chi connectivity index (χ0n) is 14.6. The van der Waals surface area contributed by atoms with E-state index in [1.807, 2.05) is 42.8 Å². The van der Waals surface area contributed by atoms with E-state index in [0.717, 1.165) is 27.5 Å². The first-order valence-corrected chi connectivity index (χ1v) is 9.26. The molecule has 6 nitrogen and oxygen atoms in total. The van der Waals surface area contributed by atoms with Gasteiger partial charge >= 0.3 is 0 Å². The number of carbonyl (C=O) groups is 1. The van der Waals surface area contributed by atoms with Gasteiger partial charge in [-0.2, -0.15) is 5.10 Å². The number of thioether (sulfide) groups is 1. The number of imidazole rings is 1. The van der Waals surface area contributed by atoms with E-state index in [2.05, 4.69) is 15.5 Å². The van der Waals surface area contributed by atoms with Gasteiger partial charge in [-0.05, 0) is 48.4 Å². The number of fused-ring (bicyclic) bond motifs is 1. The lowest BCUT2D eigenvalue weighted by Gasteiger charge is -2.06. The predicted octanol–water partition coefficient (Wildman–Crippen LogP) is 3.30. The molecule has 0 aliphatic carbocycles. The Labute approximate surface area is 155 Å². The van der Waals surface area contributed by atoms with Crippen LogP contribution < -0.4 is 5.43 Å². The number of hydrazone groups is 1. The van der Waals surface area contributed by atoms with Crippen LogP contribution >= 0.6 is 11.8 Å². The summed E-state index contributed by atoms with van der Waals surface area (Å²) in [6.45, 7) is 1.96. The van der Waals surface area contributed by atoms with Crippen molar-refractivity contribution < 1.29 is 9.90 Å². The lowest BCUT2D eigenvalue weighted by molar-refractivity contribution is -0.118. The zero-order valence-corrected chi connectivity index (χ0v) is 15.5. The summed E-state index contributed by atoms with van der Waals surface area (Å²) in [6.07, 6.45) is 0.670. The molecule has 1 aromatic heterocycles. The monoisotopic (exact) mass is 368 g/mol. The van der Waals surface area contributed by atoms with Gasteiger partial charge in [0.2, 0.25) is 0 Å². The van der Waals surface area contributed by atoms with E-state index in [1.165, 1.54) is 11.8 Å². The lowest BCUT2D eigenvalue weighted by Crippen LogP contribution is -2.22. The molecule has 0 saturated heterocycles. The number of para-hydroxylation sites is 2.